The van der Waals surface area contributed by atoms with Gasteiger partial charge in [0.05, 0.1) is 0 Å². The van der Waals surface area contributed by atoms with E-state index in [2.05, 4.69) is 15.1 Å². The summed E-state index contributed by atoms with van der Waals surface area (Å²) in [5, 5.41) is 4.33. The van der Waals surface area contributed by atoms with Crippen LogP contribution in [0.5, 0.6) is 0 Å². The van der Waals surface area contributed by atoms with Crippen molar-refractivity contribution in [1.29, 1.82) is 0 Å². The number of rotatable bonds is 2. The number of benzene rings is 1. The van der Waals surface area contributed by atoms with E-state index in [1.807, 2.05) is 55.7 Å². The standard InChI is InChI=1S/C14H12N4S/c1-18-8-7-11(17-18)14-15-12(9-13(19)16-14)10-5-3-2-4-6-10/h2-9H,1H3,(H,15,16,19). The summed E-state index contributed by atoms with van der Waals surface area (Å²) in [4.78, 5) is 7.60. The molecule has 5 heteroatoms. The first-order valence-corrected chi connectivity index (χ1v) is 6.30. The molecule has 0 aliphatic heterocycles. The number of nitrogens with zero attached hydrogens (tertiary/aromatic N) is 3. The van der Waals surface area contributed by atoms with Crippen LogP contribution >= 0.6 is 12.2 Å². The van der Waals surface area contributed by atoms with Crippen molar-refractivity contribution in [3.05, 3.63) is 53.3 Å². The van der Waals surface area contributed by atoms with Gasteiger partial charge in [0, 0.05) is 18.9 Å². The lowest BCUT2D eigenvalue weighted by Crippen LogP contribution is -1.95. The van der Waals surface area contributed by atoms with Crippen molar-refractivity contribution >= 4 is 12.2 Å². The molecule has 19 heavy (non-hydrogen) atoms. The number of nitrogens with one attached hydrogen (secondary N) is 1. The van der Waals surface area contributed by atoms with E-state index in [1.54, 1.807) is 4.68 Å². The van der Waals surface area contributed by atoms with Crippen LogP contribution in [0.3, 0.4) is 0 Å². The molecule has 0 fully saturated rings. The van der Waals surface area contributed by atoms with Crippen molar-refractivity contribution in [3.63, 3.8) is 0 Å². The molecule has 0 atom stereocenters. The molecule has 0 saturated carbocycles. The third-order valence-corrected chi connectivity index (χ3v) is 2.99. The highest BCUT2D eigenvalue weighted by molar-refractivity contribution is 7.71. The van der Waals surface area contributed by atoms with Crippen LogP contribution in [0.1, 0.15) is 0 Å². The molecule has 3 aromatic rings. The second kappa shape index (κ2) is 4.78. The highest BCUT2D eigenvalue weighted by Gasteiger charge is 2.06. The Balaban J connectivity index is 2.14. The Morgan fingerprint density at radius 1 is 1.16 bits per heavy atom. The highest BCUT2D eigenvalue weighted by Crippen LogP contribution is 2.19. The molecule has 1 aromatic carbocycles. The summed E-state index contributed by atoms with van der Waals surface area (Å²) in [5.74, 6) is 0.687. The summed E-state index contributed by atoms with van der Waals surface area (Å²) in [6.45, 7) is 0. The second-order valence-corrected chi connectivity index (χ2v) is 4.64. The number of aromatic amines is 1. The molecule has 0 amide bonds. The van der Waals surface area contributed by atoms with Gasteiger partial charge < -0.3 is 4.98 Å². The van der Waals surface area contributed by atoms with Crippen LogP contribution < -0.4 is 0 Å². The van der Waals surface area contributed by atoms with Gasteiger partial charge in [0.25, 0.3) is 0 Å². The Morgan fingerprint density at radius 3 is 2.63 bits per heavy atom. The molecule has 0 unspecified atom stereocenters. The van der Waals surface area contributed by atoms with E-state index < -0.39 is 0 Å². The maximum absolute atomic E-state index is 5.23. The minimum atomic E-state index is 0.554. The van der Waals surface area contributed by atoms with Crippen molar-refractivity contribution in [1.82, 2.24) is 19.7 Å². The lowest BCUT2D eigenvalue weighted by atomic mass is 10.1. The lowest BCUT2D eigenvalue weighted by molar-refractivity contribution is 0.768. The van der Waals surface area contributed by atoms with Crippen molar-refractivity contribution in [3.8, 4) is 22.8 Å². The van der Waals surface area contributed by atoms with Crippen LogP contribution in [0, 0.1) is 4.64 Å². The average molecular weight is 268 g/mol. The van der Waals surface area contributed by atoms with Crippen molar-refractivity contribution in [2.75, 3.05) is 0 Å². The van der Waals surface area contributed by atoms with Crippen LogP contribution in [0.15, 0.2) is 48.7 Å². The first kappa shape index (κ1) is 11.8. The van der Waals surface area contributed by atoms with Gasteiger partial charge in [0.1, 0.15) is 10.3 Å². The molecule has 3 rings (SSSR count). The molecule has 1 N–H and O–H groups in total. The van der Waals surface area contributed by atoms with Crippen molar-refractivity contribution < 1.29 is 0 Å². The largest absolute Gasteiger partial charge is 0.338 e. The summed E-state index contributed by atoms with van der Waals surface area (Å²) in [7, 11) is 1.87. The molecule has 0 aliphatic carbocycles. The van der Waals surface area contributed by atoms with Crippen LogP contribution in [0.4, 0.5) is 0 Å². The fraction of sp³-hybridized carbons (Fsp3) is 0.0714. The quantitative estimate of drug-likeness (QED) is 0.726. The van der Waals surface area contributed by atoms with E-state index in [-0.39, 0.29) is 0 Å². The van der Waals surface area contributed by atoms with Crippen LogP contribution in [0.25, 0.3) is 22.8 Å². The molecule has 0 aliphatic rings. The van der Waals surface area contributed by atoms with Crippen molar-refractivity contribution in [2.45, 2.75) is 0 Å². The Bertz CT molecular complexity index is 758. The van der Waals surface area contributed by atoms with E-state index in [0.717, 1.165) is 17.0 Å². The predicted octanol–water partition coefficient (Wildman–Crippen LogP) is 3.21. The van der Waals surface area contributed by atoms with Gasteiger partial charge in [0.15, 0.2) is 5.82 Å². The van der Waals surface area contributed by atoms with Crippen LogP contribution in [-0.4, -0.2) is 19.7 Å². The number of hydrogen-bond acceptors (Lipinski definition) is 3. The Kier molecular flexibility index (Phi) is 2.97. The second-order valence-electron chi connectivity index (χ2n) is 4.22. The summed E-state index contributed by atoms with van der Waals surface area (Å²) in [6.07, 6.45) is 1.88. The zero-order chi connectivity index (χ0) is 13.2. The van der Waals surface area contributed by atoms with Gasteiger partial charge in [-0.25, -0.2) is 4.98 Å². The minimum Gasteiger partial charge on any atom is -0.338 e. The van der Waals surface area contributed by atoms with E-state index in [1.165, 1.54) is 0 Å². The molecule has 0 saturated heterocycles. The van der Waals surface area contributed by atoms with E-state index in [9.17, 15) is 0 Å². The fourth-order valence-corrected chi connectivity index (χ4v) is 2.10. The van der Waals surface area contributed by atoms with Crippen LogP contribution in [0.2, 0.25) is 0 Å². The molecular weight excluding hydrogens is 256 g/mol. The Morgan fingerprint density at radius 2 is 1.95 bits per heavy atom. The SMILES string of the molecule is Cn1ccc(-c2nc(=S)cc(-c3ccccc3)[nH]2)n1. The average Bonchev–Trinajstić information content (AvgIpc) is 2.86. The van der Waals surface area contributed by atoms with Gasteiger partial charge >= 0.3 is 0 Å². The van der Waals surface area contributed by atoms with Gasteiger partial charge in [-0.2, -0.15) is 5.10 Å². The highest BCUT2D eigenvalue weighted by atomic mass is 32.1. The third-order valence-electron chi connectivity index (χ3n) is 2.78. The molecule has 4 nitrogen and oxygen atoms in total. The van der Waals surface area contributed by atoms with Gasteiger partial charge in [0.2, 0.25) is 0 Å². The molecule has 0 spiro atoms. The minimum absolute atomic E-state index is 0.554. The third kappa shape index (κ3) is 2.46. The number of aryl methyl sites for hydroxylation is 1. The molecule has 94 valence electrons. The van der Waals surface area contributed by atoms with Crippen LogP contribution in [-0.2, 0) is 7.05 Å². The zero-order valence-corrected chi connectivity index (χ0v) is 11.2. The molecule has 2 heterocycles. The van der Waals surface area contributed by atoms with Crippen molar-refractivity contribution in [2.24, 2.45) is 7.05 Å². The topological polar surface area (TPSA) is 46.5 Å². The zero-order valence-electron chi connectivity index (χ0n) is 10.4. The number of hydrogen-bond donors (Lipinski definition) is 1. The van der Waals surface area contributed by atoms with Gasteiger partial charge in [-0.1, -0.05) is 42.5 Å². The Labute approximate surface area is 115 Å². The molecular formula is C14H12N4S. The van der Waals surface area contributed by atoms with E-state index >= 15 is 0 Å². The number of H-pyrrole nitrogens is 1. The fourth-order valence-electron chi connectivity index (χ4n) is 1.89. The predicted molar refractivity (Wildman–Crippen MR) is 77.1 cm³/mol. The first-order chi connectivity index (χ1) is 9.22. The van der Waals surface area contributed by atoms with E-state index in [0.29, 0.717) is 10.5 Å². The monoisotopic (exact) mass is 268 g/mol. The summed E-state index contributed by atoms with van der Waals surface area (Å²) < 4.78 is 2.29. The van der Waals surface area contributed by atoms with Gasteiger partial charge in [-0.3, -0.25) is 4.68 Å². The molecule has 2 aromatic heterocycles. The maximum atomic E-state index is 5.23. The smallest absolute Gasteiger partial charge is 0.159 e. The normalized spacial score (nSPS) is 10.6. The first-order valence-electron chi connectivity index (χ1n) is 5.89. The lowest BCUT2D eigenvalue weighted by Gasteiger charge is -2.04. The Hall–Kier alpha value is -2.27. The van der Waals surface area contributed by atoms with Gasteiger partial charge in [-0.05, 0) is 17.7 Å². The summed E-state index contributed by atoms with van der Waals surface area (Å²) in [6, 6.07) is 13.8. The van der Waals surface area contributed by atoms with E-state index in [4.69, 9.17) is 12.2 Å². The summed E-state index contributed by atoms with van der Waals surface area (Å²) in [5.41, 5.74) is 2.81. The summed E-state index contributed by atoms with van der Waals surface area (Å²) >= 11 is 5.23. The van der Waals surface area contributed by atoms with Gasteiger partial charge in [-0.15, -0.1) is 0 Å². The molecule has 0 radical (unpaired) electrons. The molecule has 0 bridgehead atoms. The maximum Gasteiger partial charge on any atom is 0.159 e. The number of aromatic nitrogens is 4.